The molecule has 0 radical (unpaired) electrons. The highest BCUT2D eigenvalue weighted by Gasteiger charge is 2.36. The number of nitrogens with zero attached hydrogens (tertiary/aromatic N) is 4. The number of imidazole rings is 2. The minimum absolute atomic E-state index is 0.0119. The molecule has 288 valence electrons. The third-order valence-electron chi connectivity index (χ3n) is 9.68. The summed E-state index contributed by atoms with van der Waals surface area (Å²) in [6.45, 7) is 12.3. The van der Waals surface area contributed by atoms with Crippen LogP contribution >= 0.6 is 0 Å². The van der Waals surface area contributed by atoms with Crippen LogP contribution in [-0.4, -0.2) is 82.0 Å². The number of rotatable bonds is 15. The largest absolute Gasteiger partial charge is 0.453 e. The lowest BCUT2D eigenvalue weighted by Gasteiger charge is -2.27. The molecule has 0 saturated carbocycles. The van der Waals surface area contributed by atoms with Crippen LogP contribution in [0.15, 0.2) is 65.9 Å². The van der Waals surface area contributed by atoms with Crippen LogP contribution < -0.4 is 10.6 Å². The number of amides is 3. The van der Waals surface area contributed by atoms with Gasteiger partial charge < -0.3 is 35.1 Å². The number of aliphatic imine (C=N–C) groups is 1. The van der Waals surface area contributed by atoms with E-state index in [0.717, 1.165) is 52.3 Å². The van der Waals surface area contributed by atoms with Gasteiger partial charge in [-0.1, -0.05) is 90.1 Å². The zero-order chi connectivity index (χ0) is 38.9. The van der Waals surface area contributed by atoms with Crippen LogP contribution in [-0.2, 0) is 24.1 Å². The van der Waals surface area contributed by atoms with Crippen molar-refractivity contribution in [2.75, 3.05) is 20.8 Å². The lowest BCUT2D eigenvalue weighted by Crippen LogP contribution is -2.51. The number of hydrogen-bond donors (Lipinski definition) is 4. The molecular formula is C40H52N8O6. The molecule has 2 aromatic carbocycles. The second-order valence-corrected chi connectivity index (χ2v) is 14.5. The second-order valence-electron chi connectivity index (χ2n) is 14.5. The Hall–Kier alpha value is -5.50. The molecule has 1 aliphatic rings. The maximum atomic E-state index is 13.5. The molecule has 4 atom stereocenters. The normalized spacial score (nSPS) is 16.2. The number of carbonyl (C=O) groups is 3. The van der Waals surface area contributed by atoms with Crippen LogP contribution in [0.2, 0.25) is 0 Å². The van der Waals surface area contributed by atoms with Crippen LogP contribution in [0, 0.1) is 17.8 Å². The Kier molecular flexibility index (Phi) is 13.2. The second kappa shape index (κ2) is 18.0. The first kappa shape index (κ1) is 39.7. The number of alkyl carbamates (subject to hydrolysis) is 1. The molecular weight excluding hydrogens is 688 g/mol. The SMILES string of the molecule is COOC=N[C@H](C(=O)N1CCC[C@H]1c1ncc(-c2ccc(-c3ccc(-c4cnc([C@H](NC(=O)[C@@H](NC(=O)OC)C(C)C)C(C)C)[nH]4)cc3)cc2)[nH]1)C(C)C. The topological polar surface area (TPSA) is 176 Å². The van der Waals surface area contributed by atoms with Crippen molar-refractivity contribution in [3.05, 3.63) is 72.6 Å². The number of likely N-dealkylation sites (tertiary alicyclic amines) is 1. The average molecular weight is 741 g/mol. The van der Waals surface area contributed by atoms with E-state index in [9.17, 15) is 14.4 Å². The Morgan fingerprint density at radius 1 is 0.815 bits per heavy atom. The van der Waals surface area contributed by atoms with E-state index in [-0.39, 0.29) is 35.6 Å². The van der Waals surface area contributed by atoms with E-state index < -0.39 is 24.2 Å². The molecule has 54 heavy (non-hydrogen) atoms. The number of aromatic nitrogens is 4. The molecule has 0 spiro atoms. The fourth-order valence-electron chi connectivity index (χ4n) is 6.63. The van der Waals surface area contributed by atoms with Gasteiger partial charge in [0.1, 0.15) is 23.7 Å². The number of nitrogens with one attached hydrogen (secondary N) is 4. The summed E-state index contributed by atoms with van der Waals surface area (Å²) in [6.07, 6.45) is 5.81. The van der Waals surface area contributed by atoms with Gasteiger partial charge in [-0.2, -0.15) is 4.89 Å². The molecule has 0 aliphatic carbocycles. The van der Waals surface area contributed by atoms with Gasteiger partial charge in [-0.05, 0) is 52.8 Å². The molecule has 1 aliphatic heterocycles. The number of benzene rings is 2. The molecule has 3 amide bonds. The molecule has 0 bridgehead atoms. The zero-order valence-electron chi connectivity index (χ0n) is 32.3. The van der Waals surface area contributed by atoms with Crippen molar-refractivity contribution in [3.63, 3.8) is 0 Å². The summed E-state index contributed by atoms with van der Waals surface area (Å²) in [6, 6.07) is 14.6. The van der Waals surface area contributed by atoms with E-state index in [1.807, 2.05) is 64.8 Å². The number of ether oxygens (including phenoxy) is 1. The maximum Gasteiger partial charge on any atom is 0.407 e. The highest BCUT2D eigenvalue weighted by molar-refractivity contribution is 5.86. The van der Waals surface area contributed by atoms with Gasteiger partial charge in [-0.25, -0.2) is 19.8 Å². The quantitative estimate of drug-likeness (QED) is 0.0455. The van der Waals surface area contributed by atoms with Gasteiger partial charge in [-0.15, -0.1) is 0 Å². The molecule has 1 saturated heterocycles. The molecule has 14 heteroatoms. The van der Waals surface area contributed by atoms with Crippen LogP contribution in [0.3, 0.4) is 0 Å². The van der Waals surface area contributed by atoms with Gasteiger partial charge in [0.25, 0.3) is 0 Å². The zero-order valence-corrected chi connectivity index (χ0v) is 32.3. The molecule has 14 nitrogen and oxygen atoms in total. The molecule has 1 fully saturated rings. The van der Waals surface area contributed by atoms with Gasteiger partial charge in [-0.3, -0.25) is 9.59 Å². The number of carbonyl (C=O) groups excluding carboxylic acids is 3. The number of hydrogen-bond acceptors (Lipinski definition) is 9. The number of H-pyrrole nitrogens is 2. The Balaban J connectivity index is 1.24. The smallest absolute Gasteiger partial charge is 0.407 e. The standard InChI is InChI=1S/C40H52N8O6/c1-23(2)33(46-38(49)34(24(3)4)47-40(51)52-7)37-42-21-31(45-37)29-17-13-27(14-18-29)26-11-15-28(16-12-26)30-20-41-36(44-30)32-10-9-19-48(32)39(50)35(25(5)6)43-22-54-53-8/h11-18,20-25,32-35H,9-10,19H2,1-8H3,(H,41,44)(H,42,45)(H,46,49)(H,47,51)/t32-,33+,34-,35-/m0/s1. The van der Waals surface area contributed by atoms with Crippen molar-refractivity contribution in [1.29, 1.82) is 0 Å². The van der Waals surface area contributed by atoms with E-state index in [2.05, 4.69) is 76.8 Å². The summed E-state index contributed by atoms with van der Waals surface area (Å²) in [5.41, 5.74) is 5.76. The molecule has 3 heterocycles. The van der Waals surface area contributed by atoms with E-state index in [0.29, 0.717) is 12.4 Å². The molecule has 0 unspecified atom stereocenters. The average Bonchev–Trinajstić information content (AvgIpc) is 3.96. The predicted molar refractivity (Wildman–Crippen MR) is 206 cm³/mol. The van der Waals surface area contributed by atoms with Crippen LogP contribution in [0.5, 0.6) is 0 Å². The monoisotopic (exact) mass is 740 g/mol. The fraction of sp³-hybridized carbons (Fsp3) is 0.450. The van der Waals surface area contributed by atoms with Gasteiger partial charge >= 0.3 is 6.09 Å². The minimum Gasteiger partial charge on any atom is -0.453 e. The van der Waals surface area contributed by atoms with Crippen LogP contribution in [0.25, 0.3) is 33.6 Å². The van der Waals surface area contributed by atoms with Gasteiger partial charge in [0.05, 0.1) is 50.1 Å². The van der Waals surface area contributed by atoms with Crippen molar-refractivity contribution in [2.24, 2.45) is 22.7 Å². The Bertz CT molecular complexity index is 1880. The van der Waals surface area contributed by atoms with Gasteiger partial charge in [0.2, 0.25) is 18.2 Å². The van der Waals surface area contributed by atoms with Crippen molar-refractivity contribution in [2.45, 2.75) is 78.6 Å². The first-order valence-electron chi connectivity index (χ1n) is 18.4. The minimum atomic E-state index is -0.751. The van der Waals surface area contributed by atoms with E-state index in [1.54, 1.807) is 6.20 Å². The van der Waals surface area contributed by atoms with Gasteiger partial charge in [0, 0.05) is 6.54 Å². The first-order valence-corrected chi connectivity index (χ1v) is 18.4. The highest BCUT2D eigenvalue weighted by Crippen LogP contribution is 2.34. The summed E-state index contributed by atoms with van der Waals surface area (Å²) in [4.78, 5) is 70.3. The van der Waals surface area contributed by atoms with E-state index >= 15 is 0 Å². The van der Waals surface area contributed by atoms with Crippen molar-refractivity contribution >= 4 is 24.3 Å². The Morgan fingerprint density at radius 2 is 1.41 bits per heavy atom. The Labute approximate surface area is 316 Å². The number of methoxy groups -OCH3 is 1. The third kappa shape index (κ3) is 9.34. The molecule has 2 aromatic heterocycles. The molecule has 4 N–H and O–H groups in total. The summed E-state index contributed by atoms with van der Waals surface area (Å²) >= 11 is 0. The maximum absolute atomic E-state index is 13.5. The Morgan fingerprint density at radius 3 is 1.96 bits per heavy atom. The molecule has 4 aromatic rings. The number of aromatic amines is 2. The first-order chi connectivity index (χ1) is 25.9. The van der Waals surface area contributed by atoms with Crippen molar-refractivity contribution < 1.29 is 28.9 Å². The third-order valence-corrected chi connectivity index (χ3v) is 9.68. The van der Waals surface area contributed by atoms with E-state index in [4.69, 9.17) is 9.62 Å². The highest BCUT2D eigenvalue weighted by atomic mass is 17.2. The fourth-order valence-corrected chi connectivity index (χ4v) is 6.63. The van der Waals surface area contributed by atoms with Crippen LogP contribution in [0.1, 0.15) is 78.1 Å². The summed E-state index contributed by atoms with van der Waals surface area (Å²) in [5.74, 6) is 0.903. The van der Waals surface area contributed by atoms with Gasteiger partial charge in [0.15, 0.2) is 0 Å². The lowest BCUT2D eigenvalue weighted by atomic mass is 10.00. The summed E-state index contributed by atoms with van der Waals surface area (Å²) in [7, 11) is 2.66. The van der Waals surface area contributed by atoms with Crippen LogP contribution in [0.4, 0.5) is 4.79 Å². The molecule has 5 rings (SSSR count). The summed E-state index contributed by atoms with van der Waals surface area (Å²) < 4.78 is 4.71. The van der Waals surface area contributed by atoms with E-state index in [1.165, 1.54) is 20.6 Å². The summed E-state index contributed by atoms with van der Waals surface area (Å²) in [5, 5.41) is 5.68. The van der Waals surface area contributed by atoms with Crippen molar-refractivity contribution in [1.82, 2.24) is 35.5 Å². The van der Waals surface area contributed by atoms with Crippen molar-refractivity contribution in [3.8, 4) is 33.6 Å². The lowest BCUT2D eigenvalue weighted by molar-refractivity contribution is -0.188. The predicted octanol–water partition coefficient (Wildman–Crippen LogP) is 6.62.